The van der Waals surface area contributed by atoms with Crippen molar-refractivity contribution < 1.29 is 0 Å². The van der Waals surface area contributed by atoms with Crippen LogP contribution in [0.25, 0.3) is 0 Å². The van der Waals surface area contributed by atoms with E-state index in [9.17, 15) is 0 Å². The summed E-state index contributed by atoms with van der Waals surface area (Å²) in [5, 5.41) is 0. The van der Waals surface area contributed by atoms with Crippen LogP contribution in [-0.4, -0.2) is 6.04 Å². The van der Waals surface area contributed by atoms with E-state index in [4.69, 9.17) is 5.73 Å². The Labute approximate surface area is 99.1 Å². The normalized spacial score (nSPS) is 11.9. The fourth-order valence-electron chi connectivity index (χ4n) is 1.87. The van der Waals surface area contributed by atoms with Crippen molar-refractivity contribution in [2.75, 3.05) is 0 Å². The molecule has 0 radical (unpaired) electrons. The molecule has 0 saturated carbocycles. The van der Waals surface area contributed by atoms with Gasteiger partial charge in [0.2, 0.25) is 0 Å². The van der Waals surface area contributed by atoms with Gasteiger partial charge in [-0.3, -0.25) is 0 Å². The topological polar surface area (TPSA) is 26.0 Å². The van der Waals surface area contributed by atoms with Crippen LogP contribution in [0.3, 0.4) is 0 Å². The van der Waals surface area contributed by atoms with Gasteiger partial charge in [0.15, 0.2) is 0 Å². The molecule has 0 spiro atoms. The molecule has 1 aromatic carbocycles. The second kappa shape index (κ2) is 4.72. The standard InChI is InChI=1S/C15H21N/c1-9(16)7-8-15-13(5)11(3)10(2)12(4)14(15)6/h9H,16H2,1-6H3. The summed E-state index contributed by atoms with van der Waals surface area (Å²) in [6.07, 6.45) is 0. The van der Waals surface area contributed by atoms with Crippen molar-refractivity contribution in [1.82, 2.24) is 0 Å². The van der Waals surface area contributed by atoms with Gasteiger partial charge in [0.05, 0.1) is 6.04 Å². The molecule has 1 unspecified atom stereocenters. The molecule has 0 saturated heterocycles. The summed E-state index contributed by atoms with van der Waals surface area (Å²) in [7, 11) is 0. The number of nitrogens with two attached hydrogens (primary N) is 1. The van der Waals surface area contributed by atoms with Gasteiger partial charge < -0.3 is 5.73 Å². The Morgan fingerprint density at radius 1 is 0.812 bits per heavy atom. The minimum Gasteiger partial charge on any atom is -0.318 e. The summed E-state index contributed by atoms with van der Waals surface area (Å²) in [5.74, 6) is 6.26. The van der Waals surface area contributed by atoms with Crippen LogP contribution in [0.4, 0.5) is 0 Å². The largest absolute Gasteiger partial charge is 0.318 e. The van der Waals surface area contributed by atoms with Crippen LogP contribution in [0.5, 0.6) is 0 Å². The molecule has 16 heavy (non-hydrogen) atoms. The molecule has 1 heteroatoms. The molecule has 0 heterocycles. The summed E-state index contributed by atoms with van der Waals surface area (Å²) < 4.78 is 0. The fourth-order valence-corrected chi connectivity index (χ4v) is 1.87. The lowest BCUT2D eigenvalue weighted by molar-refractivity contribution is 0.959. The summed E-state index contributed by atoms with van der Waals surface area (Å²) in [6.45, 7) is 12.7. The highest BCUT2D eigenvalue weighted by Crippen LogP contribution is 2.25. The van der Waals surface area contributed by atoms with Crippen molar-refractivity contribution in [2.24, 2.45) is 5.73 Å². The third-order valence-electron chi connectivity index (χ3n) is 3.42. The van der Waals surface area contributed by atoms with E-state index < -0.39 is 0 Å². The first-order valence-corrected chi connectivity index (χ1v) is 5.70. The first-order valence-electron chi connectivity index (χ1n) is 5.70. The second-order valence-electron chi connectivity index (χ2n) is 4.56. The van der Waals surface area contributed by atoms with Crippen LogP contribution in [0, 0.1) is 46.5 Å². The van der Waals surface area contributed by atoms with Crippen LogP contribution in [0.2, 0.25) is 0 Å². The molecule has 2 N–H and O–H groups in total. The maximum absolute atomic E-state index is 5.67. The quantitative estimate of drug-likeness (QED) is 0.662. The molecule has 0 aliphatic carbocycles. The van der Waals surface area contributed by atoms with Crippen molar-refractivity contribution in [2.45, 2.75) is 47.6 Å². The average molecular weight is 215 g/mol. The van der Waals surface area contributed by atoms with Gasteiger partial charge in [0.1, 0.15) is 0 Å². The number of hydrogen-bond donors (Lipinski definition) is 1. The number of rotatable bonds is 0. The van der Waals surface area contributed by atoms with Crippen LogP contribution in [-0.2, 0) is 0 Å². The lowest BCUT2D eigenvalue weighted by atomic mass is 9.90. The van der Waals surface area contributed by atoms with E-state index in [1.807, 2.05) is 6.92 Å². The van der Waals surface area contributed by atoms with Gasteiger partial charge in [0.25, 0.3) is 0 Å². The van der Waals surface area contributed by atoms with Crippen LogP contribution < -0.4 is 5.73 Å². The van der Waals surface area contributed by atoms with Gasteiger partial charge in [-0.25, -0.2) is 0 Å². The minimum absolute atomic E-state index is 0.0688. The van der Waals surface area contributed by atoms with Gasteiger partial charge in [0, 0.05) is 5.56 Å². The zero-order valence-electron chi connectivity index (χ0n) is 11.2. The number of benzene rings is 1. The van der Waals surface area contributed by atoms with Crippen LogP contribution in [0.1, 0.15) is 40.3 Å². The fraction of sp³-hybridized carbons (Fsp3) is 0.467. The Morgan fingerprint density at radius 2 is 1.19 bits per heavy atom. The van der Waals surface area contributed by atoms with E-state index in [2.05, 4.69) is 46.5 Å². The zero-order chi connectivity index (χ0) is 12.5. The zero-order valence-corrected chi connectivity index (χ0v) is 11.2. The highest BCUT2D eigenvalue weighted by Gasteiger charge is 2.10. The van der Waals surface area contributed by atoms with Crippen molar-refractivity contribution in [3.05, 3.63) is 33.4 Å². The Hall–Kier alpha value is -1.26. The maximum atomic E-state index is 5.67. The van der Waals surface area contributed by atoms with Crippen molar-refractivity contribution >= 4 is 0 Å². The lowest BCUT2D eigenvalue weighted by Gasteiger charge is -2.15. The molecule has 0 aromatic heterocycles. The highest BCUT2D eigenvalue weighted by molar-refractivity contribution is 5.56. The van der Waals surface area contributed by atoms with Crippen molar-refractivity contribution in [3.63, 3.8) is 0 Å². The van der Waals surface area contributed by atoms with Gasteiger partial charge in [-0.2, -0.15) is 0 Å². The minimum atomic E-state index is -0.0688. The second-order valence-corrected chi connectivity index (χ2v) is 4.56. The first-order chi connectivity index (χ1) is 7.36. The first kappa shape index (κ1) is 12.8. The molecule has 1 nitrogen and oxygen atoms in total. The third kappa shape index (κ3) is 2.28. The Bertz CT molecular complexity index is 441. The summed E-state index contributed by atoms with van der Waals surface area (Å²) in [6, 6.07) is -0.0688. The SMILES string of the molecule is Cc1c(C)c(C)c(C#CC(C)N)c(C)c1C. The van der Waals surface area contributed by atoms with E-state index in [-0.39, 0.29) is 6.04 Å². The van der Waals surface area contributed by atoms with E-state index in [0.717, 1.165) is 5.56 Å². The average Bonchev–Trinajstić information content (AvgIpc) is 2.23. The van der Waals surface area contributed by atoms with Gasteiger partial charge in [-0.05, 0) is 69.4 Å². The molecule has 0 amide bonds. The van der Waals surface area contributed by atoms with E-state index in [0.29, 0.717) is 0 Å². The Morgan fingerprint density at radius 3 is 1.56 bits per heavy atom. The monoisotopic (exact) mass is 215 g/mol. The number of hydrogen-bond acceptors (Lipinski definition) is 1. The smallest absolute Gasteiger partial charge is 0.0639 e. The van der Waals surface area contributed by atoms with E-state index in [1.54, 1.807) is 0 Å². The van der Waals surface area contributed by atoms with Crippen molar-refractivity contribution in [3.8, 4) is 11.8 Å². The maximum Gasteiger partial charge on any atom is 0.0639 e. The Kier molecular flexibility index (Phi) is 3.78. The lowest BCUT2D eigenvalue weighted by Crippen LogP contribution is -2.11. The molecule has 1 rings (SSSR count). The highest BCUT2D eigenvalue weighted by atomic mass is 14.6. The molecular formula is C15H21N. The molecule has 0 bridgehead atoms. The van der Waals surface area contributed by atoms with Gasteiger partial charge in [-0.15, -0.1) is 0 Å². The van der Waals surface area contributed by atoms with Gasteiger partial charge in [-0.1, -0.05) is 11.8 Å². The van der Waals surface area contributed by atoms with Crippen molar-refractivity contribution in [1.29, 1.82) is 0 Å². The molecule has 1 atom stereocenters. The molecule has 86 valence electrons. The summed E-state index contributed by atoms with van der Waals surface area (Å²) in [5.41, 5.74) is 13.5. The third-order valence-corrected chi connectivity index (χ3v) is 3.42. The molecule has 1 aromatic rings. The van der Waals surface area contributed by atoms with Crippen LogP contribution >= 0.6 is 0 Å². The van der Waals surface area contributed by atoms with Gasteiger partial charge >= 0.3 is 0 Å². The van der Waals surface area contributed by atoms with Crippen LogP contribution in [0.15, 0.2) is 0 Å². The molecule has 0 aliphatic rings. The molecular weight excluding hydrogens is 194 g/mol. The predicted molar refractivity (Wildman–Crippen MR) is 70.7 cm³/mol. The van der Waals surface area contributed by atoms with E-state index >= 15 is 0 Å². The molecule has 0 aliphatic heterocycles. The Balaban J connectivity index is 3.48. The van der Waals surface area contributed by atoms with E-state index in [1.165, 1.54) is 27.8 Å². The predicted octanol–water partition coefficient (Wildman–Crippen LogP) is 2.93. The molecule has 0 fully saturated rings. The summed E-state index contributed by atoms with van der Waals surface area (Å²) >= 11 is 0. The summed E-state index contributed by atoms with van der Waals surface area (Å²) in [4.78, 5) is 0.